The number of amides is 1. The summed E-state index contributed by atoms with van der Waals surface area (Å²) in [6.45, 7) is 0.410. The van der Waals surface area contributed by atoms with Crippen molar-refractivity contribution >= 4 is 11.6 Å². The lowest BCUT2D eigenvalue weighted by Gasteiger charge is -2.12. The molecule has 4 heteroatoms. The lowest BCUT2D eigenvalue weighted by atomic mass is 10.1. The molecule has 1 aliphatic heterocycles. The van der Waals surface area contributed by atoms with E-state index in [0.717, 1.165) is 16.8 Å². The van der Waals surface area contributed by atoms with Gasteiger partial charge in [-0.3, -0.25) is 4.79 Å². The second kappa shape index (κ2) is 5.33. The predicted octanol–water partition coefficient (Wildman–Crippen LogP) is 2.48. The molecule has 2 aromatic rings. The minimum atomic E-state index is -0.270. The largest absolute Gasteiger partial charge is 0.373 e. The SMILES string of the molecule is O=C(NCc1ccc(F)cc1)C1Cc2ccccc2N1. The van der Waals surface area contributed by atoms with Gasteiger partial charge in [-0.15, -0.1) is 0 Å². The fourth-order valence-electron chi connectivity index (χ4n) is 2.37. The molecule has 1 unspecified atom stereocenters. The molecule has 2 N–H and O–H groups in total. The van der Waals surface area contributed by atoms with Crippen LogP contribution in [0.25, 0.3) is 0 Å². The molecule has 1 aliphatic rings. The molecule has 3 rings (SSSR count). The molecule has 102 valence electrons. The van der Waals surface area contributed by atoms with Crippen LogP contribution >= 0.6 is 0 Å². The molecular formula is C16H15FN2O. The van der Waals surface area contributed by atoms with E-state index < -0.39 is 0 Å². The normalized spacial score (nSPS) is 16.4. The third-order valence-corrected chi connectivity index (χ3v) is 3.47. The Labute approximate surface area is 116 Å². The number of hydrogen-bond acceptors (Lipinski definition) is 2. The highest BCUT2D eigenvalue weighted by Crippen LogP contribution is 2.25. The summed E-state index contributed by atoms with van der Waals surface area (Å²) < 4.78 is 12.8. The van der Waals surface area contributed by atoms with E-state index in [2.05, 4.69) is 10.6 Å². The van der Waals surface area contributed by atoms with Gasteiger partial charge in [-0.05, 0) is 29.3 Å². The van der Waals surface area contributed by atoms with E-state index in [-0.39, 0.29) is 17.8 Å². The van der Waals surface area contributed by atoms with Gasteiger partial charge in [0.25, 0.3) is 0 Å². The van der Waals surface area contributed by atoms with E-state index in [0.29, 0.717) is 13.0 Å². The Hall–Kier alpha value is -2.36. The van der Waals surface area contributed by atoms with Gasteiger partial charge in [-0.2, -0.15) is 0 Å². The molecule has 0 fully saturated rings. The molecule has 1 atom stereocenters. The highest BCUT2D eigenvalue weighted by atomic mass is 19.1. The molecule has 0 bridgehead atoms. The molecule has 20 heavy (non-hydrogen) atoms. The Morgan fingerprint density at radius 3 is 2.70 bits per heavy atom. The Bertz CT molecular complexity index is 600. The minimum absolute atomic E-state index is 0.0366. The zero-order valence-corrected chi connectivity index (χ0v) is 10.9. The van der Waals surface area contributed by atoms with Crippen LogP contribution < -0.4 is 10.6 Å². The predicted molar refractivity (Wildman–Crippen MR) is 75.8 cm³/mol. The van der Waals surface area contributed by atoms with Gasteiger partial charge in [0, 0.05) is 18.7 Å². The number of benzene rings is 2. The van der Waals surface area contributed by atoms with Crippen molar-refractivity contribution < 1.29 is 9.18 Å². The number of hydrogen-bond donors (Lipinski definition) is 2. The average Bonchev–Trinajstić information content (AvgIpc) is 2.90. The first kappa shape index (κ1) is 12.7. The number of halogens is 1. The molecule has 0 radical (unpaired) electrons. The molecule has 2 aromatic carbocycles. The summed E-state index contributed by atoms with van der Waals surface area (Å²) in [5, 5.41) is 6.08. The van der Waals surface area contributed by atoms with Crippen LogP contribution in [0, 0.1) is 5.82 Å². The van der Waals surface area contributed by atoms with Gasteiger partial charge in [0.15, 0.2) is 0 Å². The van der Waals surface area contributed by atoms with Crippen LogP contribution in [-0.2, 0) is 17.8 Å². The lowest BCUT2D eigenvalue weighted by molar-refractivity contribution is -0.121. The minimum Gasteiger partial charge on any atom is -0.373 e. The van der Waals surface area contributed by atoms with E-state index in [1.807, 2.05) is 24.3 Å². The first-order chi connectivity index (χ1) is 9.72. The van der Waals surface area contributed by atoms with Crippen molar-refractivity contribution in [2.75, 3.05) is 5.32 Å². The number of rotatable bonds is 3. The number of carbonyl (C=O) groups excluding carboxylic acids is 1. The molecule has 1 heterocycles. The van der Waals surface area contributed by atoms with Crippen molar-refractivity contribution in [3.05, 3.63) is 65.5 Å². The van der Waals surface area contributed by atoms with Crippen molar-refractivity contribution in [2.24, 2.45) is 0 Å². The lowest BCUT2D eigenvalue weighted by Crippen LogP contribution is -2.38. The summed E-state index contributed by atoms with van der Waals surface area (Å²) in [6.07, 6.45) is 0.700. The van der Waals surface area contributed by atoms with Crippen LogP contribution in [0.1, 0.15) is 11.1 Å². The summed E-state index contributed by atoms with van der Waals surface area (Å²) in [7, 11) is 0. The third kappa shape index (κ3) is 2.64. The molecule has 3 nitrogen and oxygen atoms in total. The van der Waals surface area contributed by atoms with Gasteiger partial charge in [0.1, 0.15) is 11.9 Å². The summed E-state index contributed by atoms with van der Waals surface area (Å²) in [5.41, 5.74) is 3.07. The standard InChI is InChI=1S/C16H15FN2O/c17-13-7-5-11(6-8-13)10-18-16(20)15-9-12-3-1-2-4-14(12)19-15/h1-8,15,19H,9-10H2,(H,18,20). The number of fused-ring (bicyclic) bond motifs is 1. The van der Waals surface area contributed by atoms with Gasteiger partial charge in [0.2, 0.25) is 5.91 Å². The second-order valence-corrected chi connectivity index (χ2v) is 4.90. The van der Waals surface area contributed by atoms with Crippen molar-refractivity contribution in [2.45, 2.75) is 19.0 Å². The van der Waals surface area contributed by atoms with E-state index in [9.17, 15) is 9.18 Å². The quantitative estimate of drug-likeness (QED) is 0.899. The number of anilines is 1. The number of carbonyl (C=O) groups is 1. The molecule has 0 saturated heterocycles. The van der Waals surface area contributed by atoms with Crippen LogP contribution in [0.4, 0.5) is 10.1 Å². The summed E-state index contributed by atoms with van der Waals surface area (Å²) >= 11 is 0. The van der Waals surface area contributed by atoms with Crippen molar-refractivity contribution in [1.82, 2.24) is 5.32 Å². The van der Waals surface area contributed by atoms with Gasteiger partial charge in [0.05, 0.1) is 0 Å². The smallest absolute Gasteiger partial charge is 0.243 e. The van der Waals surface area contributed by atoms with Gasteiger partial charge in [-0.1, -0.05) is 30.3 Å². The molecule has 1 amide bonds. The van der Waals surface area contributed by atoms with Gasteiger partial charge in [-0.25, -0.2) is 4.39 Å². The monoisotopic (exact) mass is 270 g/mol. The van der Waals surface area contributed by atoms with Crippen molar-refractivity contribution in [3.63, 3.8) is 0 Å². The zero-order valence-electron chi connectivity index (χ0n) is 10.9. The molecule has 0 aliphatic carbocycles. The Morgan fingerprint density at radius 2 is 1.95 bits per heavy atom. The Kier molecular flexibility index (Phi) is 3.37. The van der Waals surface area contributed by atoms with Crippen LogP contribution in [0.3, 0.4) is 0 Å². The molecular weight excluding hydrogens is 255 g/mol. The Balaban J connectivity index is 1.57. The highest BCUT2D eigenvalue weighted by molar-refractivity contribution is 5.87. The van der Waals surface area contributed by atoms with Crippen LogP contribution in [0.2, 0.25) is 0 Å². The second-order valence-electron chi connectivity index (χ2n) is 4.90. The van der Waals surface area contributed by atoms with Gasteiger partial charge < -0.3 is 10.6 Å². The molecule has 0 spiro atoms. The van der Waals surface area contributed by atoms with E-state index in [1.165, 1.54) is 12.1 Å². The first-order valence-electron chi connectivity index (χ1n) is 6.59. The maximum atomic E-state index is 12.8. The number of nitrogens with one attached hydrogen (secondary N) is 2. The Morgan fingerprint density at radius 1 is 1.20 bits per heavy atom. The summed E-state index contributed by atoms with van der Waals surface area (Å²) in [4.78, 5) is 12.1. The fourth-order valence-corrected chi connectivity index (χ4v) is 2.37. The fraction of sp³-hybridized carbons (Fsp3) is 0.188. The third-order valence-electron chi connectivity index (χ3n) is 3.47. The zero-order chi connectivity index (χ0) is 13.9. The van der Waals surface area contributed by atoms with E-state index >= 15 is 0 Å². The van der Waals surface area contributed by atoms with Crippen LogP contribution in [-0.4, -0.2) is 11.9 Å². The van der Waals surface area contributed by atoms with Crippen molar-refractivity contribution in [1.29, 1.82) is 0 Å². The number of para-hydroxylation sites is 1. The molecule has 0 aromatic heterocycles. The topological polar surface area (TPSA) is 41.1 Å². The highest BCUT2D eigenvalue weighted by Gasteiger charge is 2.25. The molecule has 0 saturated carbocycles. The van der Waals surface area contributed by atoms with Crippen LogP contribution in [0.15, 0.2) is 48.5 Å². The maximum Gasteiger partial charge on any atom is 0.243 e. The average molecular weight is 270 g/mol. The van der Waals surface area contributed by atoms with E-state index in [1.54, 1.807) is 12.1 Å². The first-order valence-corrected chi connectivity index (χ1v) is 6.59. The van der Waals surface area contributed by atoms with Crippen molar-refractivity contribution in [3.8, 4) is 0 Å². The summed E-state index contributed by atoms with van der Waals surface area (Å²) in [6, 6.07) is 13.8. The summed E-state index contributed by atoms with van der Waals surface area (Å²) in [5.74, 6) is -0.307. The maximum absolute atomic E-state index is 12.8. The van der Waals surface area contributed by atoms with E-state index in [4.69, 9.17) is 0 Å². The van der Waals surface area contributed by atoms with Crippen LogP contribution in [0.5, 0.6) is 0 Å². The van der Waals surface area contributed by atoms with Gasteiger partial charge >= 0.3 is 0 Å².